The van der Waals surface area contributed by atoms with Crippen LogP contribution >= 0.6 is 11.8 Å². The van der Waals surface area contributed by atoms with Gasteiger partial charge in [-0.05, 0) is 38.6 Å². The standard InChI is InChI=1S/C13H27N3OS/c1-4-16(5-2)11(3)9-14-13(17)15-12-7-6-8-18-10-12/h11-12H,4-10H2,1-3H3,(H2,14,15,17). The van der Waals surface area contributed by atoms with E-state index in [2.05, 4.69) is 36.3 Å². The number of nitrogens with one attached hydrogen (secondary N) is 2. The number of rotatable bonds is 6. The van der Waals surface area contributed by atoms with Crippen LogP contribution in [-0.4, -0.2) is 54.2 Å². The molecule has 5 heteroatoms. The molecule has 0 aromatic rings. The molecule has 106 valence electrons. The summed E-state index contributed by atoms with van der Waals surface area (Å²) in [5.41, 5.74) is 0. The topological polar surface area (TPSA) is 44.4 Å². The van der Waals surface area contributed by atoms with Gasteiger partial charge in [0.25, 0.3) is 0 Å². The van der Waals surface area contributed by atoms with Crippen molar-refractivity contribution in [2.24, 2.45) is 0 Å². The molecule has 0 aliphatic carbocycles. The van der Waals surface area contributed by atoms with Crippen molar-refractivity contribution in [3.8, 4) is 0 Å². The molecular weight excluding hydrogens is 246 g/mol. The Bertz CT molecular complexity index is 240. The number of thioether (sulfide) groups is 1. The Morgan fingerprint density at radius 1 is 1.44 bits per heavy atom. The van der Waals surface area contributed by atoms with Gasteiger partial charge >= 0.3 is 6.03 Å². The minimum absolute atomic E-state index is 0.0125. The lowest BCUT2D eigenvalue weighted by Crippen LogP contribution is -2.48. The first-order chi connectivity index (χ1) is 8.67. The summed E-state index contributed by atoms with van der Waals surface area (Å²) < 4.78 is 0. The van der Waals surface area contributed by atoms with E-state index in [1.807, 2.05) is 11.8 Å². The number of amides is 2. The Hall–Kier alpha value is -0.420. The van der Waals surface area contributed by atoms with Crippen LogP contribution in [0.25, 0.3) is 0 Å². The highest BCUT2D eigenvalue weighted by atomic mass is 32.2. The van der Waals surface area contributed by atoms with Gasteiger partial charge in [-0.15, -0.1) is 0 Å². The largest absolute Gasteiger partial charge is 0.337 e. The van der Waals surface area contributed by atoms with Gasteiger partial charge in [-0.1, -0.05) is 13.8 Å². The maximum Gasteiger partial charge on any atom is 0.315 e. The van der Waals surface area contributed by atoms with Crippen LogP contribution in [0.3, 0.4) is 0 Å². The van der Waals surface area contributed by atoms with Crippen molar-refractivity contribution in [2.75, 3.05) is 31.1 Å². The van der Waals surface area contributed by atoms with Crippen LogP contribution in [0.1, 0.15) is 33.6 Å². The summed E-state index contributed by atoms with van der Waals surface area (Å²) in [6.45, 7) is 9.23. The van der Waals surface area contributed by atoms with Crippen molar-refractivity contribution in [1.29, 1.82) is 0 Å². The van der Waals surface area contributed by atoms with Crippen LogP contribution in [0.4, 0.5) is 4.79 Å². The Balaban J connectivity index is 2.19. The molecule has 1 aliphatic rings. The molecule has 1 heterocycles. The van der Waals surface area contributed by atoms with Crippen molar-refractivity contribution in [2.45, 2.75) is 45.7 Å². The van der Waals surface area contributed by atoms with Gasteiger partial charge < -0.3 is 10.6 Å². The molecule has 1 saturated heterocycles. The summed E-state index contributed by atoms with van der Waals surface area (Å²) in [6.07, 6.45) is 2.33. The second-order valence-electron chi connectivity index (χ2n) is 4.84. The maximum absolute atomic E-state index is 11.8. The Morgan fingerprint density at radius 2 is 2.17 bits per heavy atom. The van der Waals surface area contributed by atoms with E-state index in [-0.39, 0.29) is 6.03 Å². The quantitative estimate of drug-likeness (QED) is 0.777. The van der Waals surface area contributed by atoms with Crippen molar-refractivity contribution in [3.05, 3.63) is 0 Å². The average molecular weight is 273 g/mol. The summed E-state index contributed by atoms with van der Waals surface area (Å²) in [5, 5.41) is 6.04. The fourth-order valence-corrected chi connectivity index (χ4v) is 3.38. The van der Waals surface area contributed by atoms with Crippen LogP contribution in [0.5, 0.6) is 0 Å². The van der Waals surface area contributed by atoms with E-state index in [1.54, 1.807) is 0 Å². The first-order valence-electron chi connectivity index (χ1n) is 7.03. The molecule has 0 bridgehead atoms. The van der Waals surface area contributed by atoms with Crippen LogP contribution in [-0.2, 0) is 0 Å². The van der Waals surface area contributed by atoms with E-state index in [1.165, 1.54) is 12.2 Å². The normalized spacial score (nSPS) is 21.7. The monoisotopic (exact) mass is 273 g/mol. The van der Waals surface area contributed by atoms with E-state index >= 15 is 0 Å². The molecule has 0 aromatic heterocycles. The molecule has 18 heavy (non-hydrogen) atoms. The van der Waals surface area contributed by atoms with Gasteiger partial charge in [0.1, 0.15) is 0 Å². The van der Waals surface area contributed by atoms with Crippen molar-refractivity contribution in [3.63, 3.8) is 0 Å². The molecule has 2 amide bonds. The second kappa shape index (κ2) is 8.64. The molecule has 1 aliphatic heterocycles. The Kier molecular flexibility index (Phi) is 7.51. The van der Waals surface area contributed by atoms with Gasteiger partial charge in [0.2, 0.25) is 0 Å². The Morgan fingerprint density at radius 3 is 2.72 bits per heavy atom. The summed E-state index contributed by atoms with van der Waals surface area (Å²) >= 11 is 1.93. The molecule has 0 spiro atoms. The molecule has 2 atom stereocenters. The highest BCUT2D eigenvalue weighted by Gasteiger charge is 2.16. The molecule has 0 aromatic carbocycles. The third-order valence-corrected chi connectivity index (χ3v) is 4.70. The van der Waals surface area contributed by atoms with Gasteiger partial charge in [-0.25, -0.2) is 4.79 Å². The van der Waals surface area contributed by atoms with Gasteiger partial charge in [-0.2, -0.15) is 11.8 Å². The number of hydrogen-bond donors (Lipinski definition) is 2. The predicted molar refractivity (Wildman–Crippen MR) is 79.3 cm³/mol. The number of carbonyl (C=O) groups excluding carboxylic acids is 1. The second-order valence-corrected chi connectivity index (χ2v) is 5.99. The van der Waals surface area contributed by atoms with Gasteiger partial charge in [-0.3, -0.25) is 4.90 Å². The van der Waals surface area contributed by atoms with Crippen LogP contribution < -0.4 is 10.6 Å². The number of urea groups is 1. The average Bonchev–Trinajstić information content (AvgIpc) is 2.39. The van der Waals surface area contributed by atoms with Crippen molar-refractivity contribution >= 4 is 17.8 Å². The third kappa shape index (κ3) is 5.48. The molecular formula is C13H27N3OS. The number of nitrogens with zero attached hydrogens (tertiary/aromatic N) is 1. The highest BCUT2D eigenvalue weighted by molar-refractivity contribution is 7.99. The van der Waals surface area contributed by atoms with Gasteiger partial charge in [0.15, 0.2) is 0 Å². The number of hydrogen-bond acceptors (Lipinski definition) is 3. The highest BCUT2D eigenvalue weighted by Crippen LogP contribution is 2.16. The molecule has 0 radical (unpaired) electrons. The van der Waals surface area contributed by atoms with E-state index < -0.39 is 0 Å². The molecule has 2 N–H and O–H groups in total. The maximum atomic E-state index is 11.8. The van der Waals surface area contributed by atoms with Crippen molar-refractivity contribution in [1.82, 2.24) is 15.5 Å². The summed E-state index contributed by atoms with van der Waals surface area (Å²) in [5.74, 6) is 2.29. The van der Waals surface area contributed by atoms with E-state index in [9.17, 15) is 4.79 Å². The van der Waals surface area contributed by atoms with E-state index in [4.69, 9.17) is 0 Å². The first kappa shape index (κ1) is 15.6. The van der Waals surface area contributed by atoms with Crippen LogP contribution in [0.15, 0.2) is 0 Å². The Labute approximate surface area is 115 Å². The SMILES string of the molecule is CCN(CC)C(C)CNC(=O)NC1CCCSC1. The predicted octanol–water partition coefficient (Wildman–Crippen LogP) is 1.91. The minimum atomic E-state index is -0.0125. The third-order valence-electron chi connectivity index (χ3n) is 3.49. The molecule has 0 saturated carbocycles. The number of carbonyl (C=O) groups is 1. The fraction of sp³-hybridized carbons (Fsp3) is 0.923. The summed E-state index contributed by atoms with van der Waals surface area (Å²) in [6, 6.07) is 0.737. The molecule has 4 nitrogen and oxygen atoms in total. The smallest absolute Gasteiger partial charge is 0.315 e. The fourth-order valence-electron chi connectivity index (χ4n) is 2.31. The zero-order valence-electron chi connectivity index (χ0n) is 11.9. The van der Waals surface area contributed by atoms with Gasteiger partial charge in [0.05, 0.1) is 0 Å². The lowest BCUT2D eigenvalue weighted by atomic mass is 10.2. The lowest BCUT2D eigenvalue weighted by molar-refractivity contribution is 0.213. The molecule has 1 fully saturated rings. The van der Waals surface area contributed by atoms with Crippen LogP contribution in [0, 0.1) is 0 Å². The first-order valence-corrected chi connectivity index (χ1v) is 8.19. The van der Waals surface area contributed by atoms with Crippen LogP contribution in [0.2, 0.25) is 0 Å². The zero-order valence-corrected chi connectivity index (χ0v) is 12.7. The van der Waals surface area contributed by atoms with E-state index in [0.717, 1.165) is 25.3 Å². The number of likely N-dealkylation sites (N-methyl/N-ethyl adjacent to an activating group) is 1. The molecule has 2 unspecified atom stereocenters. The van der Waals surface area contributed by atoms with Gasteiger partial charge in [0, 0.05) is 24.4 Å². The zero-order chi connectivity index (χ0) is 13.4. The summed E-state index contributed by atoms with van der Waals surface area (Å²) in [7, 11) is 0. The minimum Gasteiger partial charge on any atom is -0.337 e. The lowest BCUT2D eigenvalue weighted by Gasteiger charge is -2.27. The van der Waals surface area contributed by atoms with E-state index in [0.29, 0.717) is 18.6 Å². The summed E-state index contributed by atoms with van der Waals surface area (Å²) in [4.78, 5) is 14.1. The molecule has 1 rings (SSSR count). The van der Waals surface area contributed by atoms with Crippen molar-refractivity contribution < 1.29 is 4.79 Å².